The van der Waals surface area contributed by atoms with Gasteiger partial charge in [0.25, 0.3) is 0 Å². The third-order valence-corrected chi connectivity index (χ3v) is 6.61. The maximum Gasteiger partial charge on any atom is 0.122 e. The summed E-state index contributed by atoms with van der Waals surface area (Å²) in [6.07, 6.45) is 4.77. The summed E-state index contributed by atoms with van der Waals surface area (Å²) in [5, 5.41) is 21.8. The fraction of sp³-hybridized carbons (Fsp3) is 0.600. The molecule has 33 heavy (non-hydrogen) atoms. The molecule has 0 radical (unpaired) electrons. The number of aryl methyl sites for hydroxylation is 2. The lowest BCUT2D eigenvalue weighted by atomic mass is 9.84. The molecule has 0 saturated carbocycles. The standard InChI is InChI=1S/C30H47NO2/c1-10-11-12-13-14-31(19-23-17-25(29(4,5)6)15-21(2)27(23)32)20-24-18-26(30(7,8)9)16-22(3)28(24)33/h15-18,32-33H,10-14,19-20H2,1-9H3. The van der Waals surface area contributed by atoms with Gasteiger partial charge in [0.05, 0.1) is 0 Å². The van der Waals surface area contributed by atoms with Gasteiger partial charge in [0, 0.05) is 24.2 Å². The van der Waals surface area contributed by atoms with Crippen LogP contribution in [0, 0.1) is 13.8 Å². The molecule has 0 aliphatic heterocycles. The van der Waals surface area contributed by atoms with Gasteiger partial charge in [-0.3, -0.25) is 4.90 Å². The topological polar surface area (TPSA) is 43.7 Å². The monoisotopic (exact) mass is 453 g/mol. The zero-order chi connectivity index (χ0) is 25.0. The molecule has 0 saturated heterocycles. The average Bonchev–Trinajstić information content (AvgIpc) is 2.70. The minimum absolute atomic E-state index is 0.0234. The fourth-order valence-corrected chi connectivity index (χ4v) is 4.27. The average molecular weight is 454 g/mol. The van der Waals surface area contributed by atoms with Crippen LogP contribution in [0.2, 0.25) is 0 Å². The summed E-state index contributed by atoms with van der Waals surface area (Å²) in [5.74, 6) is 0.788. The van der Waals surface area contributed by atoms with Crippen molar-refractivity contribution in [1.82, 2.24) is 4.90 Å². The van der Waals surface area contributed by atoms with Crippen LogP contribution in [0.15, 0.2) is 24.3 Å². The Morgan fingerprint density at radius 2 is 1.09 bits per heavy atom. The van der Waals surface area contributed by atoms with Gasteiger partial charge in [-0.05, 0) is 59.9 Å². The maximum absolute atomic E-state index is 10.9. The van der Waals surface area contributed by atoms with E-state index in [1.807, 2.05) is 13.8 Å². The molecule has 0 spiro atoms. The first kappa shape index (κ1) is 27.2. The summed E-state index contributed by atoms with van der Waals surface area (Å²) < 4.78 is 0. The smallest absolute Gasteiger partial charge is 0.122 e. The van der Waals surface area contributed by atoms with E-state index >= 15 is 0 Å². The summed E-state index contributed by atoms with van der Waals surface area (Å²) in [4.78, 5) is 2.39. The van der Waals surface area contributed by atoms with Gasteiger partial charge in [0.15, 0.2) is 0 Å². The Morgan fingerprint density at radius 1 is 0.667 bits per heavy atom. The molecule has 0 heterocycles. The number of phenolic OH excluding ortho intramolecular Hbond substituents is 2. The molecule has 3 nitrogen and oxygen atoms in total. The molecule has 2 rings (SSSR count). The van der Waals surface area contributed by atoms with Crippen molar-refractivity contribution in [3.63, 3.8) is 0 Å². The molecular weight excluding hydrogens is 406 g/mol. The first-order valence-electron chi connectivity index (χ1n) is 12.6. The van der Waals surface area contributed by atoms with Gasteiger partial charge < -0.3 is 10.2 Å². The van der Waals surface area contributed by atoms with Crippen LogP contribution in [0.5, 0.6) is 11.5 Å². The van der Waals surface area contributed by atoms with Gasteiger partial charge >= 0.3 is 0 Å². The number of hydrogen-bond acceptors (Lipinski definition) is 3. The molecule has 0 amide bonds. The van der Waals surface area contributed by atoms with Crippen molar-refractivity contribution >= 4 is 0 Å². The third-order valence-electron chi connectivity index (χ3n) is 6.61. The van der Waals surface area contributed by atoms with Gasteiger partial charge in [-0.25, -0.2) is 0 Å². The summed E-state index contributed by atoms with van der Waals surface area (Å²) in [7, 11) is 0. The van der Waals surface area contributed by atoms with Gasteiger partial charge in [0.2, 0.25) is 0 Å². The van der Waals surface area contributed by atoms with Crippen LogP contribution in [0.4, 0.5) is 0 Å². The summed E-state index contributed by atoms with van der Waals surface area (Å²) >= 11 is 0. The second-order valence-corrected chi connectivity index (χ2v) is 11.9. The highest BCUT2D eigenvalue weighted by Crippen LogP contribution is 2.34. The predicted octanol–water partition coefficient (Wildman–Crippen LogP) is 7.89. The maximum atomic E-state index is 10.9. The van der Waals surface area contributed by atoms with E-state index in [-0.39, 0.29) is 10.8 Å². The molecule has 0 aliphatic rings. The van der Waals surface area contributed by atoms with E-state index in [2.05, 4.69) is 77.6 Å². The molecule has 3 heteroatoms. The van der Waals surface area contributed by atoms with Crippen LogP contribution in [-0.2, 0) is 23.9 Å². The lowest BCUT2D eigenvalue weighted by Gasteiger charge is -2.28. The number of nitrogens with zero attached hydrogens (tertiary/aromatic N) is 1. The molecule has 0 bridgehead atoms. The Hall–Kier alpha value is -2.00. The van der Waals surface area contributed by atoms with Crippen molar-refractivity contribution < 1.29 is 10.2 Å². The van der Waals surface area contributed by atoms with Crippen molar-refractivity contribution in [2.75, 3.05) is 6.54 Å². The number of benzene rings is 2. The SMILES string of the molecule is CCCCCCN(Cc1cc(C(C)(C)C)cc(C)c1O)Cc1cc(C(C)(C)C)cc(C)c1O. The molecule has 2 N–H and O–H groups in total. The van der Waals surface area contributed by atoms with E-state index < -0.39 is 0 Å². The van der Waals surface area contributed by atoms with Gasteiger partial charge in [-0.15, -0.1) is 0 Å². The van der Waals surface area contributed by atoms with Crippen LogP contribution in [0.1, 0.15) is 108 Å². The van der Waals surface area contributed by atoms with Crippen molar-refractivity contribution in [2.24, 2.45) is 0 Å². The number of rotatable bonds is 9. The molecule has 2 aromatic carbocycles. The molecular formula is C30H47NO2. The summed E-state index contributed by atoms with van der Waals surface area (Å²) in [6, 6.07) is 8.54. The third kappa shape index (κ3) is 7.50. The Balaban J connectivity index is 2.41. The Labute approximate surface area is 202 Å². The molecule has 0 atom stereocenters. The normalized spacial score (nSPS) is 12.5. The lowest BCUT2D eigenvalue weighted by Crippen LogP contribution is -2.25. The molecule has 184 valence electrons. The number of aromatic hydroxyl groups is 2. The van der Waals surface area contributed by atoms with Crippen LogP contribution in [0.3, 0.4) is 0 Å². The van der Waals surface area contributed by atoms with E-state index in [4.69, 9.17) is 0 Å². The Morgan fingerprint density at radius 3 is 1.45 bits per heavy atom. The minimum Gasteiger partial charge on any atom is -0.507 e. The van der Waals surface area contributed by atoms with Crippen LogP contribution >= 0.6 is 0 Å². The van der Waals surface area contributed by atoms with Crippen LogP contribution < -0.4 is 0 Å². The minimum atomic E-state index is 0.0234. The van der Waals surface area contributed by atoms with Crippen molar-refractivity contribution in [2.45, 2.75) is 112 Å². The zero-order valence-corrected chi connectivity index (χ0v) is 22.6. The lowest BCUT2D eigenvalue weighted by molar-refractivity contribution is 0.243. The number of hydrogen-bond donors (Lipinski definition) is 2. The van der Waals surface area contributed by atoms with Crippen molar-refractivity contribution in [1.29, 1.82) is 0 Å². The predicted molar refractivity (Wildman–Crippen MR) is 141 cm³/mol. The highest BCUT2D eigenvalue weighted by Gasteiger charge is 2.21. The number of unbranched alkanes of at least 4 members (excludes halogenated alkanes) is 3. The molecule has 0 fully saturated rings. The van der Waals surface area contributed by atoms with E-state index in [1.54, 1.807) is 0 Å². The largest absolute Gasteiger partial charge is 0.507 e. The van der Waals surface area contributed by atoms with E-state index in [0.717, 1.165) is 35.2 Å². The van der Waals surface area contributed by atoms with Crippen LogP contribution in [-0.4, -0.2) is 21.7 Å². The first-order valence-corrected chi connectivity index (χ1v) is 12.6. The first-order chi connectivity index (χ1) is 15.2. The van der Waals surface area contributed by atoms with Crippen molar-refractivity contribution in [3.05, 3.63) is 57.6 Å². The molecule has 0 aliphatic carbocycles. The fourth-order valence-electron chi connectivity index (χ4n) is 4.27. The highest BCUT2D eigenvalue weighted by atomic mass is 16.3. The Kier molecular flexibility index (Phi) is 9.04. The summed E-state index contributed by atoms with van der Waals surface area (Å²) in [6.45, 7) is 21.8. The molecule has 2 aromatic rings. The summed E-state index contributed by atoms with van der Waals surface area (Å²) in [5.41, 5.74) is 6.33. The van der Waals surface area contributed by atoms with Gasteiger partial charge in [-0.2, -0.15) is 0 Å². The van der Waals surface area contributed by atoms with Crippen molar-refractivity contribution in [3.8, 4) is 11.5 Å². The Bertz CT molecular complexity index is 860. The van der Waals surface area contributed by atoms with Crippen LogP contribution in [0.25, 0.3) is 0 Å². The second kappa shape index (κ2) is 11.0. The van der Waals surface area contributed by atoms with E-state index in [9.17, 15) is 10.2 Å². The van der Waals surface area contributed by atoms with E-state index in [1.165, 1.54) is 30.4 Å². The molecule has 0 aromatic heterocycles. The van der Waals surface area contributed by atoms with Gasteiger partial charge in [-0.1, -0.05) is 92.0 Å². The molecule has 0 unspecified atom stereocenters. The number of phenols is 2. The zero-order valence-electron chi connectivity index (χ0n) is 22.6. The second-order valence-electron chi connectivity index (χ2n) is 11.9. The highest BCUT2D eigenvalue weighted by molar-refractivity contribution is 5.46. The quantitative estimate of drug-likeness (QED) is 0.379. The van der Waals surface area contributed by atoms with E-state index in [0.29, 0.717) is 24.6 Å². The van der Waals surface area contributed by atoms with Gasteiger partial charge in [0.1, 0.15) is 11.5 Å².